The van der Waals surface area contributed by atoms with E-state index in [0.717, 1.165) is 23.9 Å². The van der Waals surface area contributed by atoms with E-state index in [9.17, 15) is 9.59 Å². The molecular formula is C23H25ClN2O4. The summed E-state index contributed by atoms with van der Waals surface area (Å²) in [5.74, 6) is 0.189. The van der Waals surface area contributed by atoms with Gasteiger partial charge in [0.2, 0.25) is 0 Å². The second kappa shape index (κ2) is 10.3. The molecule has 0 radical (unpaired) electrons. The highest BCUT2D eigenvalue weighted by molar-refractivity contribution is 6.30. The summed E-state index contributed by atoms with van der Waals surface area (Å²) in [6.45, 7) is 2.76. The lowest BCUT2D eigenvalue weighted by molar-refractivity contribution is -0.144. The molecule has 0 aliphatic rings. The Morgan fingerprint density at radius 1 is 1.20 bits per heavy atom. The van der Waals surface area contributed by atoms with E-state index in [-0.39, 0.29) is 25.0 Å². The molecule has 1 aromatic heterocycles. The molecule has 0 fully saturated rings. The van der Waals surface area contributed by atoms with Crippen molar-refractivity contribution in [2.24, 2.45) is 0 Å². The Labute approximate surface area is 180 Å². The van der Waals surface area contributed by atoms with Crippen molar-refractivity contribution in [1.29, 1.82) is 0 Å². The van der Waals surface area contributed by atoms with Gasteiger partial charge in [-0.25, -0.2) is 4.98 Å². The van der Waals surface area contributed by atoms with Crippen LogP contribution in [0.2, 0.25) is 5.02 Å². The molecule has 3 aromatic rings. The second-order valence-corrected chi connectivity index (χ2v) is 7.41. The van der Waals surface area contributed by atoms with E-state index in [4.69, 9.17) is 21.1 Å². The van der Waals surface area contributed by atoms with Crippen LogP contribution in [0.15, 0.2) is 47.3 Å². The van der Waals surface area contributed by atoms with E-state index < -0.39 is 5.97 Å². The Kier molecular flexibility index (Phi) is 7.46. The minimum atomic E-state index is -0.411. The van der Waals surface area contributed by atoms with Gasteiger partial charge in [-0.15, -0.1) is 0 Å². The number of aryl methyl sites for hydroxylation is 2. The summed E-state index contributed by atoms with van der Waals surface area (Å²) in [6, 6.07) is 12.7. The minimum Gasteiger partial charge on any atom is -0.496 e. The normalized spacial score (nSPS) is 10.9. The van der Waals surface area contributed by atoms with Crippen molar-refractivity contribution < 1.29 is 14.3 Å². The third kappa shape index (κ3) is 5.19. The number of unbranched alkanes of at least 4 members (excludes halogenated alkanes) is 1. The Bertz CT molecular complexity index is 1090. The van der Waals surface area contributed by atoms with Crippen LogP contribution < -0.4 is 10.3 Å². The lowest BCUT2D eigenvalue weighted by Crippen LogP contribution is -2.26. The van der Waals surface area contributed by atoms with Crippen LogP contribution in [0.5, 0.6) is 5.75 Å². The highest BCUT2D eigenvalue weighted by atomic mass is 35.5. The maximum atomic E-state index is 12.9. The number of hydrogen-bond donors (Lipinski definition) is 0. The standard InChI is InChI=1S/C23H25ClN2O4/c1-3-4-13-26-20-8-6-5-7-18(20)25-19(23(26)28)10-12-22(27)30-15-16-14-17(24)9-11-21(16)29-2/h5-9,11,14H,3-4,10,12-13,15H2,1-2H3. The molecule has 0 aliphatic carbocycles. The fourth-order valence-corrected chi connectivity index (χ4v) is 3.45. The third-order valence-electron chi connectivity index (χ3n) is 4.85. The quantitative estimate of drug-likeness (QED) is 0.468. The van der Waals surface area contributed by atoms with Gasteiger partial charge in [-0.3, -0.25) is 9.59 Å². The van der Waals surface area contributed by atoms with Crippen LogP contribution in [-0.2, 0) is 29.1 Å². The third-order valence-corrected chi connectivity index (χ3v) is 5.09. The van der Waals surface area contributed by atoms with Crippen LogP contribution in [0, 0.1) is 0 Å². The molecule has 3 rings (SSSR count). The van der Waals surface area contributed by atoms with Crippen LogP contribution in [0.25, 0.3) is 11.0 Å². The number of esters is 1. The maximum absolute atomic E-state index is 12.9. The lowest BCUT2D eigenvalue weighted by Gasteiger charge is -2.12. The number of hydrogen-bond acceptors (Lipinski definition) is 5. The number of rotatable bonds is 9. The first-order valence-corrected chi connectivity index (χ1v) is 10.4. The average molecular weight is 429 g/mol. The highest BCUT2D eigenvalue weighted by Crippen LogP contribution is 2.23. The second-order valence-electron chi connectivity index (χ2n) is 6.97. The Morgan fingerprint density at radius 2 is 2.00 bits per heavy atom. The Morgan fingerprint density at radius 3 is 2.77 bits per heavy atom. The molecule has 6 nitrogen and oxygen atoms in total. The number of halogens is 1. The minimum absolute atomic E-state index is 0.0500. The van der Waals surface area contributed by atoms with Gasteiger partial charge in [0.05, 0.1) is 24.6 Å². The fourth-order valence-electron chi connectivity index (χ4n) is 3.26. The molecule has 0 unspecified atom stereocenters. The Balaban J connectivity index is 1.71. The number of methoxy groups -OCH3 is 1. The smallest absolute Gasteiger partial charge is 0.306 e. The van der Waals surface area contributed by atoms with E-state index in [1.54, 1.807) is 29.9 Å². The van der Waals surface area contributed by atoms with Gasteiger partial charge >= 0.3 is 5.97 Å². The molecule has 0 bridgehead atoms. The van der Waals surface area contributed by atoms with Crippen molar-refractivity contribution in [2.75, 3.05) is 7.11 Å². The van der Waals surface area contributed by atoms with Gasteiger partial charge in [0.25, 0.3) is 5.56 Å². The SMILES string of the molecule is CCCCn1c(=O)c(CCC(=O)OCc2cc(Cl)ccc2OC)nc2ccccc21. The first kappa shape index (κ1) is 21.8. The first-order valence-electron chi connectivity index (χ1n) is 10.00. The fraction of sp³-hybridized carbons (Fsp3) is 0.348. The van der Waals surface area contributed by atoms with E-state index in [1.807, 2.05) is 24.3 Å². The molecule has 7 heteroatoms. The predicted molar refractivity (Wildman–Crippen MR) is 117 cm³/mol. The number of aromatic nitrogens is 2. The van der Waals surface area contributed by atoms with Gasteiger partial charge in [0.15, 0.2) is 0 Å². The topological polar surface area (TPSA) is 70.4 Å². The molecule has 0 saturated heterocycles. The van der Waals surface area contributed by atoms with Crippen LogP contribution in [0.4, 0.5) is 0 Å². The number of para-hydroxylation sites is 2. The number of ether oxygens (including phenoxy) is 2. The largest absolute Gasteiger partial charge is 0.496 e. The molecule has 2 aromatic carbocycles. The zero-order valence-corrected chi connectivity index (χ0v) is 17.9. The van der Waals surface area contributed by atoms with Crippen molar-refractivity contribution in [1.82, 2.24) is 9.55 Å². The zero-order valence-electron chi connectivity index (χ0n) is 17.2. The molecule has 0 aliphatic heterocycles. The van der Waals surface area contributed by atoms with Crippen LogP contribution in [0.3, 0.4) is 0 Å². The highest BCUT2D eigenvalue weighted by Gasteiger charge is 2.14. The first-order chi connectivity index (χ1) is 14.5. The summed E-state index contributed by atoms with van der Waals surface area (Å²) in [4.78, 5) is 29.7. The molecule has 0 saturated carbocycles. The number of carbonyl (C=O) groups excluding carboxylic acids is 1. The molecule has 0 spiro atoms. The van der Waals surface area contributed by atoms with Gasteiger partial charge in [0.1, 0.15) is 18.1 Å². The predicted octanol–water partition coefficient (Wildman–Crippen LogP) is 4.53. The molecule has 0 atom stereocenters. The Hall–Kier alpha value is -2.86. The number of benzene rings is 2. The van der Waals surface area contributed by atoms with Crippen LogP contribution in [0.1, 0.15) is 37.4 Å². The van der Waals surface area contributed by atoms with Crippen molar-refractivity contribution >= 4 is 28.6 Å². The van der Waals surface area contributed by atoms with Crippen LogP contribution >= 0.6 is 11.6 Å². The van der Waals surface area contributed by atoms with E-state index >= 15 is 0 Å². The molecule has 0 N–H and O–H groups in total. The van der Waals surface area contributed by atoms with Crippen molar-refractivity contribution in [3.05, 3.63) is 69.1 Å². The van der Waals surface area contributed by atoms with Gasteiger partial charge in [0, 0.05) is 23.6 Å². The van der Waals surface area contributed by atoms with Crippen molar-refractivity contribution in [2.45, 2.75) is 45.8 Å². The monoisotopic (exact) mass is 428 g/mol. The summed E-state index contributed by atoms with van der Waals surface area (Å²) < 4.78 is 12.4. The summed E-state index contributed by atoms with van der Waals surface area (Å²) >= 11 is 6.01. The number of nitrogens with zero attached hydrogens (tertiary/aromatic N) is 2. The summed E-state index contributed by atoms with van der Waals surface area (Å²) in [7, 11) is 1.55. The molecular weight excluding hydrogens is 404 g/mol. The molecule has 30 heavy (non-hydrogen) atoms. The van der Waals surface area contributed by atoms with Crippen LogP contribution in [-0.4, -0.2) is 22.6 Å². The van der Waals surface area contributed by atoms with Gasteiger partial charge < -0.3 is 14.0 Å². The summed E-state index contributed by atoms with van der Waals surface area (Å²) in [6.07, 6.45) is 2.17. The molecule has 1 heterocycles. The molecule has 0 amide bonds. The summed E-state index contributed by atoms with van der Waals surface area (Å²) in [5.41, 5.74) is 2.48. The number of fused-ring (bicyclic) bond motifs is 1. The summed E-state index contributed by atoms with van der Waals surface area (Å²) in [5, 5.41) is 0.537. The molecule has 158 valence electrons. The van der Waals surface area contributed by atoms with Gasteiger partial charge in [-0.2, -0.15) is 0 Å². The van der Waals surface area contributed by atoms with E-state index in [2.05, 4.69) is 11.9 Å². The van der Waals surface area contributed by atoms with Gasteiger partial charge in [-0.1, -0.05) is 37.1 Å². The van der Waals surface area contributed by atoms with E-state index in [0.29, 0.717) is 28.6 Å². The lowest BCUT2D eigenvalue weighted by atomic mass is 10.2. The van der Waals surface area contributed by atoms with Gasteiger partial charge in [-0.05, 0) is 36.8 Å². The van der Waals surface area contributed by atoms with Crippen molar-refractivity contribution in [3.8, 4) is 5.75 Å². The zero-order chi connectivity index (χ0) is 21.5. The number of carbonyl (C=O) groups is 1. The van der Waals surface area contributed by atoms with E-state index in [1.165, 1.54) is 0 Å². The maximum Gasteiger partial charge on any atom is 0.306 e. The average Bonchev–Trinajstić information content (AvgIpc) is 2.76. The van der Waals surface area contributed by atoms with Crippen molar-refractivity contribution in [3.63, 3.8) is 0 Å².